The van der Waals surface area contributed by atoms with E-state index in [9.17, 15) is 23.1 Å². The number of hydrogen-bond acceptors (Lipinski definition) is 4. The Bertz CT molecular complexity index is 997. The molecular formula is C19H18F3N3O3. The molecule has 3 aromatic rings. The van der Waals surface area contributed by atoms with Crippen LogP contribution in [0.3, 0.4) is 0 Å². The van der Waals surface area contributed by atoms with E-state index < -0.39 is 6.36 Å². The molecule has 0 aliphatic heterocycles. The van der Waals surface area contributed by atoms with Gasteiger partial charge in [0.1, 0.15) is 11.4 Å². The molecule has 148 valence electrons. The van der Waals surface area contributed by atoms with Crippen molar-refractivity contribution in [2.45, 2.75) is 26.4 Å². The van der Waals surface area contributed by atoms with Gasteiger partial charge in [-0.1, -0.05) is 12.1 Å². The molecule has 1 aromatic carbocycles. The molecule has 0 unspecified atom stereocenters. The van der Waals surface area contributed by atoms with Crippen molar-refractivity contribution in [3.05, 3.63) is 54.0 Å². The zero-order valence-electron chi connectivity index (χ0n) is 15.2. The molecule has 1 N–H and O–H groups in total. The van der Waals surface area contributed by atoms with Crippen LogP contribution in [0.15, 0.2) is 42.7 Å². The minimum absolute atomic E-state index is 0.134. The van der Waals surface area contributed by atoms with Crippen molar-refractivity contribution in [1.82, 2.24) is 14.3 Å². The Hall–Kier alpha value is -3.07. The molecule has 2 heterocycles. The van der Waals surface area contributed by atoms with Gasteiger partial charge in [-0.2, -0.15) is 0 Å². The first kappa shape index (κ1) is 19.7. The molecule has 0 saturated carbocycles. The summed E-state index contributed by atoms with van der Waals surface area (Å²) in [5, 5.41) is 9.82. The number of nitrogens with zero attached hydrogens (tertiary/aromatic N) is 3. The summed E-state index contributed by atoms with van der Waals surface area (Å²) < 4.78 is 42.7. The predicted molar refractivity (Wildman–Crippen MR) is 95.4 cm³/mol. The second-order valence-electron chi connectivity index (χ2n) is 6.26. The van der Waals surface area contributed by atoms with E-state index in [0.717, 1.165) is 0 Å². The van der Waals surface area contributed by atoms with E-state index in [1.165, 1.54) is 36.1 Å². The number of rotatable bonds is 5. The molecule has 0 aliphatic carbocycles. The van der Waals surface area contributed by atoms with Crippen LogP contribution in [0, 0.1) is 0 Å². The van der Waals surface area contributed by atoms with Crippen molar-refractivity contribution in [3.8, 4) is 16.9 Å². The number of amides is 1. The Balaban J connectivity index is 2.08. The van der Waals surface area contributed by atoms with Crippen LogP contribution < -0.4 is 4.74 Å². The molecule has 28 heavy (non-hydrogen) atoms. The van der Waals surface area contributed by atoms with Crippen LogP contribution in [0.1, 0.15) is 18.2 Å². The number of alkyl halides is 3. The van der Waals surface area contributed by atoms with Crippen molar-refractivity contribution in [2.24, 2.45) is 0 Å². The van der Waals surface area contributed by atoms with Gasteiger partial charge in [0.25, 0.3) is 0 Å². The average Bonchev–Trinajstić information content (AvgIpc) is 3.10. The van der Waals surface area contributed by atoms with Crippen LogP contribution in [-0.4, -0.2) is 38.7 Å². The van der Waals surface area contributed by atoms with Crippen molar-refractivity contribution in [2.75, 3.05) is 7.05 Å². The molecule has 6 nitrogen and oxygen atoms in total. The van der Waals surface area contributed by atoms with Crippen LogP contribution in [0.4, 0.5) is 13.2 Å². The molecule has 2 aromatic heterocycles. The van der Waals surface area contributed by atoms with Crippen molar-refractivity contribution in [1.29, 1.82) is 0 Å². The zero-order chi connectivity index (χ0) is 20.5. The zero-order valence-corrected chi connectivity index (χ0v) is 15.2. The number of benzene rings is 1. The maximum Gasteiger partial charge on any atom is 0.573 e. The van der Waals surface area contributed by atoms with Crippen LogP contribution >= 0.6 is 0 Å². The standard InChI is InChI=1S/C19H18F3N3O3/c1-12(27)24(2)10-14-9-16(18-23-7-8-25(18)17(14)11-26)13-3-5-15(6-4-13)28-19(20,21)22/h3-9,26H,10-11H2,1-2H3. The summed E-state index contributed by atoms with van der Waals surface area (Å²) in [5.41, 5.74) is 3.12. The van der Waals surface area contributed by atoms with E-state index in [1.807, 2.05) is 0 Å². The Morgan fingerprint density at radius 1 is 1.29 bits per heavy atom. The normalized spacial score (nSPS) is 11.6. The molecule has 0 radical (unpaired) electrons. The summed E-state index contributed by atoms with van der Waals surface area (Å²) in [6.45, 7) is 1.45. The van der Waals surface area contributed by atoms with E-state index in [-0.39, 0.29) is 24.8 Å². The lowest BCUT2D eigenvalue weighted by Crippen LogP contribution is -2.24. The van der Waals surface area contributed by atoms with E-state index in [4.69, 9.17) is 0 Å². The summed E-state index contributed by atoms with van der Waals surface area (Å²) in [6.07, 6.45) is -1.51. The van der Waals surface area contributed by atoms with E-state index in [0.29, 0.717) is 28.0 Å². The van der Waals surface area contributed by atoms with E-state index in [2.05, 4.69) is 9.72 Å². The predicted octanol–water partition coefficient (Wildman–Crippen LogP) is 3.37. The highest BCUT2D eigenvalue weighted by molar-refractivity contribution is 5.79. The second kappa shape index (κ2) is 7.51. The molecule has 3 rings (SSSR count). The quantitative estimate of drug-likeness (QED) is 0.722. The van der Waals surface area contributed by atoms with Crippen LogP contribution in [-0.2, 0) is 17.9 Å². The summed E-state index contributed by atoms with van der Waals surface area (Å²) in [5.74, 6) is -0.455. The number of imidazole rings is 1. The number of halogens is 3. The van der Waals surface area contributed by atoms with Crippen LogP contribution in [0.25, 0.3) is 16.8 Å². The lowest BCUT2D eigenvalue weighted by Gasteiger charge is -2.19. The third-order valence-corrected chi connectivity index (χ3v) is 4.36. The Morgan fingerprint density at radius 3 is 2.54 bits per heavy atom. The number of aliphatic hydroxyl groups excluding tert-OH is 1. The van der Waals surface area contributed by atoms with Gasteiger partial charge in [-0.25, -0.2) is 4.98 Å². The summed E-state index contributed by atoms with van der Waals surface area (Å²) in [7, 11) is 1.64. The molecule has 0 atom stereocenters. The Kier molecular flexibility index (Phi) is 5.28. The number of carbonyl (C=O) groups is 1. The number of aliphatic hydroxyl groups is 1. The average molecular weight is 393 g/mol. The number of ether oxygens (including phenoxy) is 1. The maximum atomic E-state index is 12.4. The summed E-state index contributed by atoms with van der Waals surface area (Å²) >= 11 is 0. The van der Waals surface area contributed by atoms with Gasteiger partial charge in [-0.3, -0.25) is 4.79 Å². The van der Waals surface area contributed by atoms with Gasteiger partial charge in [-0.15, -0.1) is 13.2 Å². The fourth-order valence-corrected chi connectivity index (χ4v) is 2.93. The highest BCUT2D eigenvalue weighted by Crippen LogP contribution is 2.31. The number of aromatic nitrogens is 2. The SMILES string of the molecule is CC(=O)N(C)Cc1cc(-c2ccc(OC(F)(F)F)cc2)c2nccn2c1CO. The van der Waals surface area contributed by atoms with Crippen molar-refractivity contribution < 1.29 is 27.8 Å². The number of fused-ring (bicyclic) bond motifs is 1. The molecule has 0 saturated heterocycles. The Morgan fingerprint density at radius 2 is 1.96 bits per heavy atom. The minimum atomic E-state index is -4.76. The van der Waals surface area contributed by atoms with Crippen LogP contribution in [0.5, 0.6) is 5.75 Å². The lowest BCUT2D eigenvalue weighted by molar-refractivity contribution is -0.274. The smallest absolute Gasteiger partial charge is 0.406 e. The third kappa shape index (κ3) is 4.09. The fraction of sp³-hybridized carbons (Fsp3) is 0.263. The summed E-state index contributed by atoms with van der Waals surface area (Å²) in [6, 6.07) is 7.24. The highest BCUT2D eigenvalue weighted by Gasteiger charge is 2.31. The number of hydrogen-bond donors (Lipinski definition) is 1. The van der Waals surface area contributed by atoms with Gasteiger partial charge in [0.2, 0.25) is 5.91 Å². The van der Waals surface area contributed by atoms with E-state index in [1.54, 1.807) is 29.9 Å². The topological polar surface area (TPSA) is 67.1 Å². The van der Waals surface area contributed by atoms with E-state index >= 15 is 0 Å². The van der Waals surface area contributed by atoms with Crippen molar-refractivity contribution in [3.63, 3.8) is 0 Å². The largest absolute Gasteiger partial charge is 0.573 e. The second-order valence-corrected chi connectivity index (χ2v) is 6.26. The van der Waals surface area contributed by atoms with Gasteiger partial charge < -0.3 is 19.1 Å². The maximum absolute atomic E-state index is 12.4. The van der Waals surface area contributed by atoms with Gasteiger partial charge in [0.15, 0.2) is 0 Å². The molecule has 0 fully saturated rings. The molecule has 1 amide bonds. The number of pyridine rings is 1. The van der Waals surface area contributed by atoms with Gasteiger partial charge >= 0.3 is 6.36 Å². The van der Waals surface area contributed by atoms with Gasteiger partial charge in [-0.05, 0) is 29.3 Å². The minimum Gasteiger partial charge on any atom is -0.406 e. The van der Waals surface area contributed by atoms with Gasteiger partial charge in [0.05, 0.1) is 12.3 Å². The van der Waals surface area contributed by atoms with Crippen molar-refractivity contribution >= 4 is 11.6 Å². The molecule has 0 aliphatic rings. The summed E-state index contributed by atoms with van der Waals surface area (Å²) in [4.78, 5) is 17.4. The first-order valence-corrected chi connectivity index (χ1v) is 8.36. The lowest BCUT2D eigenvalue weighted by atomic mass is 10.0. The Labute approximate surface area is 158 Å². The fourth-order valence-electron chi connectivity index (χ4n) is 2.93. The molecule has 0 bridgehead atoms. The first-order chi connectivity index (χ1) is 13.2. The van der Waals surface area contributed by atoms with Gasteiger partial charge in [0, 0.05) is 38.5 Å². The third-order valence-electron chi connectivity index (χ3n) is 4.36. The number of carbonyl (C=O) groups excluding carboxylic acids is 1. The first-order valence-electron chi connectivity index (χ1n) is 8.36. The molecule has 0 spiro atoms. The highest BCUT2D eigenvalue weighted by atomic mass is 19.4. The molecule has 9 heteroatoms. The molecular weight excluding hydrogens is 375 g/mol. The monoisotopic (exact) mass is 393 g/mol. The van der Waals surface area contributed by atoms with Crippen LogP contribution in [0.2, 0.25) is 0 Å².